The molecule has 0 amide bonds. The standard InChI is InChI=1S/C15H18N2O2S2/c16-11-13-8-9-15(20-13)21(18,19)17-10-4-3-6-12-5-1-2-7-14(12)17/h1-2,5,7-9H,3-4,6,10-11,16H2. The molecule has 112 valence electrons. The summed E-state index contributed by atoms with van der Waals surface area (Å²) in [6.07, 6.45) is 2.82. The molecule has 6 heteroatoms. The lowest BCUT2D eigenvalue weighted by molar-refractivity contribution is 0.591. The summed E-state index contributed by atoms with van der Waals surface area (Å²) in [4.78, 5) is 0.886. The third kappa shape index (κ3) is 2.71. The van der Waals surface area contributed by atoms with Gasteiger partial charge in [0, 0.05) is 18.0 Å². The highest BCUT2D eigenvalue weighted by molar-refractivity contribution is 7.94. The summed E-state index contributed by atoms with van der Waals surface area (Å²) in [5, 5.41) is 0. The Morgan fingerprint density at radius 1 is 1.14 bits per heavy atom. The van der Waals surface area contributed by atoms with Gasteiger partial charge in [-0.2, -0.15) is 0 Å². The SMILES string of the molecule is NCc1ccc(S(=O)(=O)N2CCCCc3ccccc32)s1. The molecule has 1 aromatic carbocycles. The van der Waals surface area contributed by atoms with Crippen LogP contribution in [0.4, 0.5) is 5.69 Å². The van der Waals surface area contributed by atoms with Crippen molar-refractivity contribution in [2.45, 2.75) is 30.0 Å². The summed E-state index contributed by atoms with van der Waals surface area (Å²) in [6, 6.07) is 11.2. The molecule has 0 fully saturated rings. The largest absolute Gasteiger partial charge is 0.326 e. The van der Waals surface area contributed by atoms with Crippen LogP contribution in [0, 0.1) is 0 Å². The van der Waals surface area contributed by atoms with Crippen molar-refractivity contribution in [1.29, 1.82) is 0 Å². The lowest BCUT2D eigenvalue weighted by atomic mass is 10.1. The normalized spacial score (nSPS) is 15.6. The minimum Gasteiger partial charge on any atom is -0.326 e. The maximum atomic E-state index is 12.9. The Morgan fingerprint density at radius 3 is 2.71 bits per heavy atom. The molecule has 0 bridgehead atoms. The van der Waals surface area contributed by atoms with E-state index in [4.69, 9.17) is 5.73 Å². The van der Waals surface area contributed by atoms with E-state index < -0.39 is 10.0 Å². The van der Waals surface area contributed by atoms with E-state index in [1.54, 1.807) is 16.4 Å². The van der Waals surface area contributed by atoms with E-state index in [9.17, 15) is 8.42 Å². The minimum absolute atomic E-state index is 0.372. The molecule has 0 saturated carbocycles. The zero-order valence-corrected chi connectivity index (χ0v) is 13.3. The molecule has 0 spiro atoms. The number of fused-ring (bicyclic) bond motifs is 1. The van der Waals surface area contributed by atoms with E-state index in [0.717, 1.165) is 35.4 Å². The van der Waals surface area contributed by atoms with Crippen LogP contribution in [0.3, 0.4) is 0 Å². The molecule has 0 unspecified atom stereocenters. The molecule has 21 heavy (non-hydrogen) atoms. The summed E-state index contributed by atoms with van der Waals surface area (Å²) in [5.74, 6) is 0. The van der Waals surface area contributed by atoms with Gasteiger partial charge in [0.2, 0.25) is 0 Å². The van der Waals surface area contributed by atoms with E-state index in [2.05, 4.69) is 0 Å². The highest BCUT2D eigenvalue weighted by atomic mass is 32.2. The second kappa shape index (κ2) is 5.79. The molecule has 0 atom stereocenters. The number of hydrogen-bond acceptors (Lipinski definition) is 4. The van der Waals surface area contributed by atoms with Gasteiger partial charge in [-0.1, -0.05) is 18.2 Å². The quantitative estimate of drug-likeness (QED) is 0.945. The lowest BCUT2D eigenvalue weighted by Crippen LogP contribution is -2.31. The first-order valence-electron chi connectivity index (χ1n) is 7.02. The molecular weight excluding hydrogens is 304 g/mol. The second-order valence-electron chi connectivity index (χ2n) is 5.09. The molecule has 0 radical (unpaired) electrons. The molecule has 2 N–H and O–H groups in total. The second-order valence-corrected chi connectivity index (χ2v) is 8.35. The number of nitrogens with two attached hydrogens (primary N) is 1. The zero-order valence-electron chi connectivity index (χ0n) is 11.7. The maximum absolute atomic E-state index is 12.9. The van der Waals surface area contributed by atoms with E-state index in [1.807, 2.05) is 24.3 Å². The van der Waals surface area contributed by atoms with Crippen molar-refractivity contribution in [1.82, 2.24) is 0 Å². The number of para-hydroxylation sites is 1. The predicted octanol–water partition coefficient (Wildman–Crippen LogP) is 2.74. The molecule has 2 heterocycles. The molecular formula is C15H18N2O2S2. The van der Waals surface area contributed by atoms with E-state index in [-0.39, 0.29) is 0 Å². The van der Waals surface area contributed by atoms with Crippen molar-refractivity contribution in [3.63, 3.8) is 0 Å². The van der Waals surface area contributed by atoms with E-state index in [1.165, 1.54) is 11.3 Å². The summed E-state index contributed by atoms with van der Waals surface area (Å²) in [5.41, 5.74) is 7.51. The van der Waals surface area contributed by atoms with Gasteiger partial charge in [-0.3, -0.25) is 4.31 Å². The lowest BCUT2D eigenvalue weighted by Gasteiger charge is -2.23. The van der Waals surface area contributed by atoms with Crippen LogP contribution in [0.5, 0.6) is 0 Å². The number of anilines is 1. The van der Waals surface area contributed by atoms with Crippen LogP contribution in [0.2, 0.25) is 0 Å². The van der Waals surface area contributed by atoms with Gasteiger partial charge in [-0.05, 0) is 43.0 Å². The van der Waals surface area contributed by atoms with Crippen LogP contribution >= 0.6 is 11.3 Å². The average molecular weight is 322 g/mol. The summed E-state index contributed by atoms with van der Waals surface area (Å²) >= 11 is 1.26. The van der Waals surface area contributed by atoms with Crippen LogP contribution in [0.25, 0.3) is 0 Å². The maximum Gasteiger partial charge on any atom is 0.273 e. The Morgan fingerprint density at radius 2 is 1.95 bits per heavy atom. The van der Waals surface area contributed by atoms with Crippen molar-refractivity contribution in [3.8, 4) is 0 Å². The van der Waals surface area contributed by atoms with Gasteiger partial charge in [0.25, 0.3) is 10.0 Å². The fraction of sp³-hybridized carbons (Fsp3) is 0.333. The fourth-order valence-electron chi connectivity index (χ4n) is 2.62. The molecule has 1 aliphatic heterocycles. The Bertz CT molecular complexity index is 738. The Balaban J connectivity index is 2.06. The molecule has 2 aromatic rings. The van der Waals surface area contributed by atoms with Crippen molar-refractivity contribution < 1.29 is 8.42 Å². The van der Waals surface area contributed by atoms with Crippen LogP contribution in [-0.4, -0.2) is 15.0 Å². The van der Waals surface area contributed by atoms with Crippen molar-refractivity contribution in [2.75, 3.05) is 10.8 Å². The monoisotopic (exact) mass is 322 g/mol. The average Bonchev–Trinajstić information content (AvgIpc) is 2.87. The zero-order chi connectivity index (χ0) is 14.9. The van der Waals surface area contributed by atoms with Gasteiger partial charge in [0.05, 0.1) is 5.69 Å². The van der Waals surface area contributed by atoms with Crippen LogP contribution in [0.15, 0.2) is 40.6 Å². The first kappa shape index (κ1) is 14.6. The Hall–Kier alpha value is -1.37. The smallest absolute Gasteiger partial charge is 0.273 e. The summed E-state index contributed by atoms with van der Waals surface area (Å²) in [6.45, 7) is 0.909. The van der Waals surface area contributed by atoms with Crippen LogP contribution < -0.4 is 10.0 Å². The number of sulfonamides is 1. The Kier molecular flexibility index (Phi) is 4.01. The van der Waals surface area contributed by atoms with Crippen LogP contribution in [0.1, 0.15) is 23.3 Å². The molecule has 0 saturated heterocycles. The molecule has 0 aliphatic carbocycles. The van der Waals surface area contributed by atoms with Crippen molar-refractivity contribution in [3.05, 3.63) is 46.8 Å². The topological polar surface area (TPSA) is 63.4 Å². The summed E-state index contributed by atoms with van der Waals surface area (Å²) < 4.78 is 27.8. The number of nitrogens with zero attached hydrogens (tertiary/aromatic N) is 1. The van der Waals surface area contributed by atoms with Gasteiger partial charge >= 0.3 is 0 Å². The number of rotatable bonds is 3. The first-order chi connectivity index (χ1) is 10.1. The highest BCUT2D eigenvalue weighted by Crippen LogP contribution is 2.33. The highest BCUT2D eigenvalue weighted by Gasteiger charge is 2.29. The minimum atomic E-state index is -3.49. The van der Waals surface area contributed by atoms with Gasteiger partial charge < -0.3 is 5.73 Å². The first-order valence-corrected chi connectivity index (χ1v) is 9.28. The third-order valence-corrected chi connectivity index (χ3v) is 7.09. The molecule has 1 aromatic heterocycles. The molecule has 4 nitrogen and oxygen atoms in total. The van der Waals surface area contributed by atoms with Crippen molar-refractivity contribution in [2.24, 2.45) is 5.73 Å². The summed E-state index contributed by atoms with van der Waals surface area (Å²) in [7, 11) is -3.49. The fourth-order valence-corrected chi connectivity index (χ4v) is 5.51. The third-order valence-electron chi connectivity index (χ3n) is 3.70. The number of benzene rings is 1. The van der Waals surface area contributed by atoms with Gasteiger partial charge in [0.1, 0.15) is 4.21 Å². The van der Waals surface area contributed by atoms with Gasteiger partial charge in [-0.25, -0.2) is 8.42 Å². The molecule has 3 rings (SSSR count). The number of aryl methyl sites for hydroxylation is 1. The van der Waals surface area contributed by atoms with E-state index >= 15 is 0 Å². The predicted molar refractivity (Wildman–Crippen MR) is 86.1 cm³/mol. The molecule has 1 aliphatic rings. The Labute approximate surface area is 129 Å². The van der Waals surface area contributed by atoms with E-state index in [0.29, 0.717) is 17.3 Å². The van der Waals surface area contributed by atoms with Gasteiger partial charge in [0.15, 0.2) is 0 Å². The van der Waals surface area contributed by atoms with Crippen molar-refractivity contribution >= 4 is 27.0 Å². The number of hydrogen-bond donors (Lipinski definition) is 1. The number of thiophene rings is 1. The van der Waals surface area contributed by atoms with Gasteiger partial charge in [-0.15, -0.1) is 11.3 Å². The van der Waals surface area contributed by atoms with Crippen LogP contribution in [-0.2, 0) is 23.0 Å².